The van der Waals surface area contributed by atoms with E-state index >= 15 is 0 Å². The Morgan fingerprint density at radius 3 is 0.844 bits per heavy atom. The van der Waals surface area contributed by atoms with Gasteiger partial charge in [0.25, 0.3) is 0 Å². The molecule has 0 aliphatic heterocycles. The SMILES string of the molecule is CC/C=C\C/C=C\C/C=C\C/C=C\C/C=C\CCCC(=O)OC(COC(=O)CCCCCCCCC/C=C\CCCCCCCC)COC(=O)CCCCCCCCCCCC/C=C\C/C=C\C/C=C\CCCCCCC. The van der Waals surface area contributed by atoms with Crippen molar-refractivity contribution in [2.75, 3.05) is 13.2 Å². The Balaban J connectivity index is 4.42. The minimum Gasteiger partial charge on any atom is -0.462 e. The van der Waals surface area contributed by atoms with E-state index in [0.29, 0.717) is 19.3 Å². The summed E-state index contributed by atoms with van der Waals surface area (Å²) in [7, 11) is 0. The third-order valence-electron chi connectivity index (χ3n) is 13.7. The largest absolute Gasteiger partial charge is 0.462 e. The minimum atomic E-state index is -0.814. The van der Waals surface area contributed by atoms with Gasteiger partial charge in [-0.2, -0.15) is 0 Å². The smallest absolute Gasteiger partial charge is 0.306 e. The molecule has 0 aliphatic carbocycles. The summed E-state index contributed by atoms with van der Waals surface area (Å²) < 4.78 is 16.9. The molecular weight excluding hydrogens is 949 g/mol. The zero-order chi connectivity index (χ0) is 55.7. The summed E-state index contributed by atoms with van der Waals surface area (Å²) in [6.07, 6.45) is 88.1. The highest BCUT2D eigenvalue weighted by molar-refractivity contribution is 5.71. The topological polar surface area (TPSA) is 78.9 Å². The van der Waals surface area contributed by atoms with Crippen LogP contribution in [0.4, 0.5) is 0 Å². The number of unbranched alkanes of at least 4 members (excludes halogenated alkanes) is 29. The van der Waals surface area contributed by atoms with Crippen LogP contribution in [0.15, 0.2) is 109 Å². The molecule has 0 heterocycles. The van der Waals surface area contributed by atoms with Crippen LogP contribution in [0.1, 0.15) is 303 Å². The molecule has 0 aromatic heterocycles. The van der Waals surface area contributed by atoms with E-state index in [1.165, 1.54) is 167 Å². The lowest BCUT2D eigenvalue weighted by Gasteiger charge is -2.18. The van der Waals surface area contributed by atoms with E-state index in [1.54, 1.807) is 0 Å². The van der Waals surface area contributed by atoms with Crippen molar-refractivity contribution in [3.63, 3.8) is 0 Å². The van der Waals surface area contributed by atoms with E-state index < -0.39 is 6.10 Å². The fourth-order valence-electron chi connectivity index (χ4n) is 8.89. The normalized spacial score (nSPS) is 12.8. The quantitative estimate of drug-likeness (QED) is 0.0261. The van der Waals surface area contributed by atoms with Crippen molar-refractivity contribution in [3.8, 4) is 0 Å². The number of rotatable bonds is 58. The van der Waals surface area contributed by atoms with Gasteiger partial charge in [-0.1, -0.05) is 271 Å². The molecule has 6 heteroatoms. The van der Waals surface area contributed by atoms with Crippen LogP contribution >= 0.6 is 0 Å². The van der Waals surface area contributed by atoms with Crippen molar-refractivity contribution in [1.82, 2.24) is 0 Å². The van der Waals surface area contributed by atoms with Gasteiger partial charge in [-0.3, -0.25) is 14.4 Å². The molecule has 0 spiro atoms. The minimum absolute atomic E-state index is 0.104. The second kappa shape index (κ2) is 64.6. The van der Waals surface area contributed by atoms with Gasteiger partial charge < -0.3 is 14.2 Å². The average molecular weight is 1070 g/mol. The number of carbonyl (C=O) groups excluding carboxylic acids is 3. The molecule has 0 rings (SSSR count). The summed E-state index contributed by atoms with van der Waals surface area (Å²) in [5.41, 5.74) is 0. The molecule has 0 amide bonds. The first-order chi connectivity index (χ1) is 38.0. The van der Waals surface area contributed by atoms with Crippen molar-refractivity contribution in [1.29, 1.82) is 0 Å². The lowest BCUT2D eigenvalue weighted by atomic mass is 10.1. The molecule has 0 saturated heterocycles. The number of hydrogen-bond donors (Lipinski definition) is 0. The first-order valence-corrected chi connectivity index (χ1v) is 32.4. The molecule has 0 N–H and O–H groups in total. The molecule has 0 saturated carbocycles. The molecule has 1 unspecified atom stereocenters. The number of carbonyl (C=O) groups is 3. The van der Waals surface area contributed by atoms with Gasteiger partial charge in [0.1, 0.15) is 13.2 Å². The molecule has 6 nitrogen and oxygen atoms in total. The number of hydrogen-bond acceptors (Lipinski definition) is 6. The van der Waals surface area contributed by atoms with E-state index in [1.807, 2.05) is 0 Å². The monoisotopic (exact) mass is 1070 g/mol. The Bertz CT molecular complexity index is 1560. The second-order valence-corrected chi connectivity index (χ2v) is 21.3. The molecule has 1 atom stereocenters. The van der Waals surface area contributed by atoms with Crippen molar-refractivity contribution in [2.45, 2.75) is 309 Å². The third-order valence-corrected chi connectivity index (χ3v) is 13.7. The molecule has 0 aromatic rings. The highest BCUT2D eigenvalue weighted by Crippen LogP contribution is 2.15. The van der Waals surface area contributed by atoms with Gasteiger partial charge in [-0.25, -0.2) is 0 Å². The zero-order valence-corrected chi connectivity index (χ0v) is 50.4. The van der Waals surface area contributed by atoms with Crippen LogP contribution in [0.25, 0.3) is 0 Å². The maximum absolute atomic E-state index is 12.9. The maximum Gasteiger partial charge on any atom is 0.306 e. The zero-order valence-electron chi connectivity index (χ0n) is 50.4. The highest BCUT2D eigenvalue weighted by atomic mass is 16.6. The second-order valence-electron chi connectivity index (χ2n) is 21.3. The average Bonchev–Trinajstić information content (AvgIpc) is 3.43. The van der Waals surface area contributed by atoms with Gasteiger partial charge in [0.2, 0.25) is 0 Å². The summed E-state index contributed by atoms with van der Waals surface area (Å²) >= 11 is 0. The van der Waals surface area contributed by atoms with Gasteiger partial charge in [0.15, 0.2) is 6.10 Å². The lowest BCUT2D eigenvalue weighted by molar-refractivity contribution is -0.167. The van der Waals surface area contributed by atoms with Gasteiger partial charge in [0.05, 0.1) is 0 Å². The summed E-state index contributed by atoms with van der Waals surface area (Å²) in [4.78, 5) is 38.3. The summed E-state index contributed by atoms with van der Waals surface area (Å²) in [6.45, 7) is 6.48. The van der Waals surface area contributed by atoms with Crippen LogP contribution in [0, 0.1) is 0 Å². The molecule has 0 fully saturated rings. The summed E-state index contributed by atoms with van der Waals surface area (Å²) in [5, 5.41) is 0. The van der Waals surface area contributed by atoms with Crippen LogP contribution in [0.5, 0.6) is 0 Å². The first-order valence-electron chi connectivity index (χ1n) is 32.4. The van der Waals surface area contributed by atoms with Gasteiger partial charge in [-0.15, -0.1) is 0 Å². The molecule has 0 aliphatic rings. The Hall–Kier alpha value is -3.93. The molecule has 0 bridgehead atoms. The molecule has 0 radical (unpaired) electrons. The number of esters is 3. The predicted octanol–water partition coefficient (Wildman–Crippen LogP) is 22.2. The van der Waals surface area contributed by atoms with Crippen LogP contribution in [0.2, 0.25) is 0 Å². The Labute approximate surface area is 476 Å². The standard InChI is InChI=1S/C71H120O6/c1-4-7-10-13-16-19-22-25-28-31-32-33-34-35-36-37-38-41-43-46-49-52-55-58-61-64-70(73)76-67-68(77-71(74)65-62-59-56-53-50-47-44-40-30-27-24-21-18-15-12-9-6-3)66-75-69(72)63-60-57-54-51-48-45-42-39-29-26-23-20-17-14-11-8-5-2/h9,12,18,21-22,25-27,29-32,34-35,44,47,53,56,68H,4-8,10-11,13-17,19-20,23-24,28,33,36-43,45-46,48-52,54-55,57-67H2,1-3H3/b12-9-,21-18-,25-22-,29-26-,30-27-,32-31-,35-34-,47-44-,56-53-. The maximum atomic E-state index is 12.9. The molecule has 440 valence electrons. The van der Waals surface area contributed by atoms with E-state index in [-0.39, 0.29) is 37.5 Å². The Morgan fingerprint density at radius 1 is 0.273 bits per heavy atom. The summed E-state index contributed by atoms with van der Waals surface area (Å²) in [5.74, 6) is -0.964. The van der Waals surface area contributed by atoms with E-state index in [4.69, 9.17) is 14.2 Å². The summed E-state index contributed by atoms with van der Waals surface area (Å²) in [6, 6.07) is 0. The van der Waals surface area contributed by atoms with Crippen LogP contribution < -0.4 is 0 Å². The predicted molar refractivity (Wildman–Crippen MR) is 334 cm³/mol. The fraction of sp³-hybridized carbons (Fsp3) is 0.704. The van der Waals surface area contributed by atoms with Crippen molar-refractivity contribution in [3.05, 3.63) is 109 Å². The van der Waals surface area contributed by atoms with E-state index in [9.17, 15) is 14.4 Å². The first kappa shape index (κ1) is 73.1. The lowest BCUT2D eigenvalue weighted by Crippen LogP contribution is -2.30. The highest BCUT2D eigenvalue weighted by Gasteiger charge is 2.19. The number of allylic oxidation sites excluding steroid dienone is 18. The Kier molecular flexibility index (Phi) is 61.3. The van der Waals surface area contributed by atoms with Crippen molar-refractivity contribution in [2.24, 2.45) is 0 Å². The van der Waals surface area contributed by atoms with Gasteiger partial charge in [-0.05, 0) is 122 Å². The van der Waals surface area contributed by atoms with Crippen molar-refractivity contribution < 1.29 is 28.6 Å². The van der Waals surface area contributed by atoms with Gasteiger partial charge >= 0.3 is 17.9 Å². The van der Waals surface area contributed by atoms with Crippen LogP contribution in [-0.4, -0.2) is 37.2 Å². The number of ether oxygens (including phenoxy) is 3. The van der Waals surface area contributed by atoms with Crippen molar-refractivity contribution >= 4 is 17.9 Å². The fourth-order valence-corrected chi connectivity index (χ4v) is 8.89. The van der Waals surface area contributed by atoms with E-state index in [0.717, 1.165) is 89.9 Å². The van der Waals surface area contributed by atoms with Gasteiger partial charge in [0, 0.05) is 19.3 Å². The molecule has 0 aromatic carbocycles. The van der Waals surface area contributed by atoms with Crippen LogP contribution in [-0.2, 0) is 28.6 Å². The molecular formula is C71H120O6. The third kappa shape index (κ3) is 62.8. The molecule has 77 heavy (non-hydrogen) atoms. The Morgan fingerprint density at radius 2 is 0.519 bits per heavy atom. The van der Waals surface area contributed by atoms with Crippen LogP contribution in [0.3, 0.4) is 0 Å². The van der Waals surface area contributed by atoms with E-state index in [2.05, 4.69) is 130 Å².